The molecule has 2 aromatic carbocycles. The standard InChI is InChI=1S/C18H20INO/c1-14(2)10-11-21-18-8-6-15(7-9-18)13-20-17-5-3-4-16(19)12-17/h3-9,12-14H,10-11H2,1-2H3. The summed E-state index contributed by atoms with van der Waals surface area (Å²) >= 11 is 2.29. The van der Waals surface area contributed by atoms with Crippen molar-refractivity contribution >= 4 is 34.5 Å². The van der Waals surface area contributed by atoms with E-state index >= 15 is 0 Å². The van der Waals surface area contributed by atoms with Crippen LogP contribution >= 0.6 is 22.6 Å². The monoisotopic (exact) mass is 393 g/mol. The fourth-order valence-corrected chi connectivity index (χ4v) is 2.29. The molecule has 0 saturated carbocycles. The van der Waals surface area contributed by atoms with Crippen molar-refractivity contribution < 1.29 is 4.74 Å². The first-order chi connectivity index (χ1) is 10.1. The Morgan fingerprint density at radius 3 is 2.57 bits per heavy atom. The second-order valence-corrected chi connectivity index (χ2v) is 6.58. The average Bonchev–Trinajstić information content (AvgIpc) is 2.46. The van der Waals surface area contributed by atoms with E-state index in [1.165, 1.54) is 3.57 Å². The van der Waals surface area contributed by atoms with Gasteiger partial charge in [0, 0.05) is 9.78 Å². The van der Waals surface area contributed by atoms with E-state index in [0.29, 0.717) is 5.92 Å². The van der Waals surface area contributed by atoms with Gasteiger partial charge >= 0.3 is 0 Å². The lowest BCUT2D eigenvalue weighted by Crippen LogP contribution is -2.01. The van der Waals surface area contributed by atoms with Crippen LogP contribution in [0.25, 0.3) is 0 Å². The lowest BCUT2D eigenvalue weighted by molar-refractivity contribution is 0.289. The maximum Gasteiger partial charge on any atom is 0.119 e. The molecule has 0 aromatic heterocycles. The van der Waals surface area contributed by atoms with Gasteiger partial charge in [-0.1, -0.05) is 19.9 Å². The van der Waals surface area contributed by atoms with E-state index in [2.05, 4.69) is 53.6 Å². The quantitative estimate of drug-likeness (QED) is 0.471. The summed E-state index contributed by atoms with van der Waals surface area (Å²) in [5.41, 5.74) is 2.05. The molecule has 110 valence electrons. The van der Waals surface area contributed by atoms with Gasteiger partial charge in [-0.15, -0.1) is 0 Å². The van der Waals surface area contributed by atoms with Crippen LogP contribution in [-0.2, 0) is 0 Å². The predicted molar refractivity (Wildman–Crippen MR) is 97.8 cm³/mol. The predicted octanol–water partition coefficient (Wildman–Crippen LogP) is 5.47. The molecule has 0 fully saturated rings. The van der Waals surface area contributed by atoms with Crippen molar-refractivity contribution in [1.82, 2.24) is 0 Å². The van der Waals surface area contributed by atoms with E-state index in [1.54, 1.807) is 0 Å². The van der Waals surface area contributed by atoms with Gasteiger partial charge in [0.05, 0.1) is 12.3 Å². The van der Waals surface area contributed by atoms with Crippen molar-refractivity contribution in [3.8, 4) is 5.75 Å². The largest absolute Gasteiger partial charge is 0.494 e. The fourth-order valence-electron chi connectivity index (χ4n) is 1.77. The molecular weight excluding hydrogens is 373 g/mol. The number of aliphatic imine (C=N–C) groups is 1. The molecular formula is C18H20INO. The van der Waals surface area contributed by atoms with Gasteiger partial charge in [-0.2, -0.15) is 0 Å². The fraction of sp³-hybridized carbons (Fsp3) is 0.278. The third-order valence-corrected chi connectivity index (χ3v) is 3.69. The first-order valence-electron chi connectivity index (χ1n) is 7.16. The van der Waals surface area contributed by atoms with Crippen LogP contribution in [0, 0.1) is 9.49 Å². The Balaban J connectivity index is 1.93. The molecule has 0 aliphatic carbocycles. The first kappa shape index (κ1) is 16.0. The molecule has 0 bridgehead atoms. The van der Waals surface area contributed by atoms with Crippen molar-refractivity contribution in [1.29, 1.82) is 0 Å². The van der Waals surface area contributed by atoms with Gasteiger partial charge in [-0.3, -0.25) is 4.99 Å². The zero-order valence-corrected chi connectivity index (χ0v) is 14.6. The van der Waals surface area contributed by atoms with E-state index in [9.17, 15) is 0 Å². The summed E-state index contributed by atoms with van der Waals surface area (Å²) < 4.78 is 6.90. The average molecular weight is 393 g/mol. The van der Waals surface area contributed by atoms with Crippen LogP contribution in [0.1, 0.15) is 25.8 Å². The molecule has 0 aliphatic rings. The van der Waals surface area contributed by atoms with Crippen LogP contribution in [-0.4, -0.2) is 12.8 Å². The maximum atomic E-state index is 5.70. The van der Waals surface area contributed by atoms with E-state index in [-0.39, 0.29) is 0 Å². The Morgan fingerprint density at radius 1 is 1.14 bits per heavy atom. The SMILES string of the molecule is CC(C)CCOc1ccc(C=Nc2cccc(I)c2)cc1. The number of hydrogen-bond acceptors (Lipinski definition) is 2. The van der Waals surface area contributed by atoms with Gasteiger partial charge in [0.25, 0.3) is 0 Å². The van der Waals surface area contributed by atoms with Gasteiger partial charge in [0.15, 0.2) is 0 Å². The third-order valence-electron chi connectivity index (χ3n) is 3.01. The summed E-state index contributed by atoms with van der Waals surface area (Å²) in [6.07, 6.45) is 2.96. The molecule has 0 heterocycles. The molecule has 0 saturated heterocycles. The number of rotatable bonds is 6. The minimum Gasteiger partial charge on any atom is -0.494 e. The number of hydrogen-bond donors (Lipinski definition) is 0. The van der Waals surface area contributed by atoms with E-state index < -0.39 is 0 Å². The summed E-state index contributed by atoms with van der Waals surface area (Å²) in [4.78, 5) is 4.48. The first-order valence-corrected chi connectivity index (χ1v) is 8.24. The Labute approximate surface area is 140 Å². The van der Waals surface area contributed by atoms with Crippen LogP contribution in [0.3, 0.4) is 0 Å². The molecule has 0 radical (unpaired) electrons. The van der Waals surface area contributed by atoms with Crippen LogP contribution < -0.4 is 4.74 Å². The molecule has 0 N–H and O–H groups in total. The van der Waals surface area contributed by atoms with Crippen molar-refractivity contribution in [2.24, 2.45) is 10.9 Å². The molecule has 2 rings (SSSR count). The lowest BCUT2D eigenvalue weighted by atomic mass is 10.1. The molecule has 0 aliphatic heterocycles. The zero-order valence-electron chi connectivity index (χ0n) is 12.4. The highest BCUT2D eigenvalue weighted by Crippen LogP contribution is 2.16. The summed E-state index contributed by atoms with van der Waals surface area (Å²) in [5, 5.41) is 0. The van der Waals surface area contributed by atoms with Crippen molar-refractivity contribution in [3.05, 3.63) is 57.7 Å². The Kier molecular flexibility index (Phi) is 6.23. The molecule has 2 aromatic rings. The smallest absolute Gasteiger partial charge is 0.119 e. The molecule has 0 spiro atoms. The van der Waals surface area contributed by atoms with Crippen molar-refractivity contribution in [2.45, 2.75) is 20.3 Å². The Morgan fingerprint density at radius 2 is 1.90 bits per heavy atom. The molecule has 21 heavy (non-hydrogen) atoms. The van der Waals surface area contributed by atoms with Gasteiger partial charge in [-0.25, -0.2) is 0 Å². The summed E-state index contributed by atoms with van der Waals surface area (Å²) in [5.74, 6) is 1.59. The van der Waals surface area contributed by atoms with Crippen molar-refractivity contribution in [3.63, 3.8) is 0 Å². The zero-order chi connectivity index (χ0) is 15.1. The van der Waals surface area contributed by atoms with Crippen LogP contribution in [0.15, 0.2) is 53.5 Å². The van der Waals surface area contributed by atoms with Crippen LogP contribution in [0.5, 0.6) is 5.75 Å². The molecule has 0 atom stereocenters. The van der Waals surface area contributed by atoms with Gasteiger partial charge in [0.2, 0.25) is 0 Å². The number of benzene rings is 2. The van der Waals surface area contributed by atoms with E-state index in [4.69, 9.17) is 4.74 Å². The minimum absolute atomic E-state index is 0.671. The normalized spacial score (nSPS) is 11.2. The summed E-state index contributed by atoms with van der Waals surface area (Å²) in [7, 11) is 0. The molecule has 0 amide bonds. The van der Waals surface area contributed by atoms with E-state index in [1.807, 2.05) is 42.6 Å². The van der Waals surface area contributed by atoms with Crippen molar-refractivity contribution in [2.75, 3.05) is 6.61 Å². The van der Waals surface area contributed by atoms with Crippen LogP contribution in [0.4, 0.5) is 5.69 Å². The topological polar surface area (TPSA) is 21.6 Å². The van der Waals surface area contributed by atoms with Gasteiger partial charge in [-0.05, 0) is 83.0 Å². The number of halogens is 1. The van der Waals surface area contributed by atoms with Gasteiger partial charge in [0.1, 0.15) is 5.75 Å². The minimum atomic E-state index is 0.671. The summed E-state index contributed by atoms with van der Waals surface area (Å²) in [6, 6.07) is 16.2. The lowest BCUT2D eigenvalue weighted by Gasteiger charge is -2.07. The highest BCUT2D eigenvalue weighted by molar-refractivity contribution is 14.1. The second kappa shape index (κ2) is 8.17. The molecule has 2 nitrogen and oxygen atoms in total. The van der Waals surface area contributed by atoms with Crippen LogP contribution in [0.2, 0.25) is 0 Å². The number of ether oxygens (including phenoxy) is 1. The van der Waals surface area contributed by atoms with E-state index in [0.717, 1.165) is 30.0 Å². The highest BCUT2D eigenvalue weighted by atomic mass is 127. The highest BCUT2D eigenvalue weighted by Gasteiger charge is 1.97. The molecule has 0 unspecified atom stereocenters. The Bertz CT molecular complexity index is 590. The molecule has 3 heteroatoms. The second-order valence-electron chi connectivity index (χ2n) is 5.34. The summed E-state index contributed by atoms with van der Waals surface area (Å²) in [6.45, 7) is 5.18. The Hall–Kier alpha value is -1.36. The maximum absolute atomic E-state index is 5.70. The number of nitrogens with zero attached hydrogens (tertiary/aromatic N) is 1. The third kappa shape index (κ3) is 5.87. The van der Waals surface area contributed by atoms with Gasteiger partial charge < -0.3 is 4.74 Å².